The minimum atomic E-state index is -4.70. The monoisotopic (exact) mass is 417 g/mol. The summed E-state index contributed by atoms with van der Waals surface area (Å²) >= 11 is 0. The molecule has 0 aromatic carbocycles. The normalized spacial score (nSPS) is 19.3. The number of hydrogen-bond donors (Lipinski definition) is 1. The van der Waals surface area contributed by atoms with Crippen LogP contribution in [0.2, 0.25) is 0 Å². The fourth-order valence-corrected chi connectivity index (χ4v) is 3.78. The lowest BCUT2D eigenvalue weighted by atomic mass is 10.1. The highest BCUT2D eigenvalue weighted by atomic mass is 19.4. The third-order valence-corrected chi connectivity index (χ3v) is 5.01. The molecule has 3 aromatic rings. The number of imidazole rings is 1. The standard InChI is InChI=1S/C19H18F3N7O/c1-11-7-14(19(20,21)22)13(9-23)17(25-11)29-10-12(30)8-15(29)18-24-4-6-28(18)16-3-5-27(2)26-16/h3-7,12,15,30H,8,10H2,1-2H3/t12-,15-/m0/s1. The molecule has 0 amide bonds. The van der Waals surface area contributed by atoms with E-state index in [1.807, 2.05) is 0 Å². The highest BCUT2D eigenvalue weighted by molar-refractivity contribution is 5.61. The van der Waals surface area contributed by atoms with Crippen LogP contribution in [0.15, 0.2) is 30.7 Å². The molecule has 0 radical (unpaired) electrons. The number of halogens is 3. The molecule has 156 valence electrons. The molecule has 1 N–H and O–H groups in total. The number of rotatable bonds is 3. The van der Waals surface area contributed by atoms with E-state index in [1.165, 1.54) is 11.8 Å². The molecule has 2 atom stereocenters. The lowest BCUT2D eigenvalue weighted by molar-refractivity contribution is -0.137. The third-order valence-electron chi connectivity index (χ3n) is 5.01. The van der Waals surface area contributed by atoms with Crippen LogP contribution in [-0.4, -0.2) is 42.1 Å². The largest absolute Gasteiger partial charge is 0.417 e. The molecule has 0 aliphatic carbocycles. The van der Waals surface area contributed by atoms with Gasteiger partial charge in [0.2, 0.25) is 0 Å². The second-order valence-electron chi connectivity index (χ2n) is 7.18. The number of hydrogen-bond acceptors (Lipinski definition) is 6. The summed E-state index contributed by atoms with van der Waals surface area (Å²) in [5.41, 5.74) is -1.48. The van der Waals surface area contributed by atoms with Gasteiger partial charge in [0, 0.05) is 50.4 Å². The Morgan fingerprint density at radius 1 is 1.30 bits per heavy atom. The number of β-amino-alcohol motifs (C(OH)–C–C–N with tert-alkyl or cyclic N) is 1. The molecule has 30 heavy (non-hydrogen) atoms. The number of nitriles is 1. The average Bonchev–Trinajstić information content (AvgIpc) is 3.39. The molecule has 4 heterocycles. The second kappa shape index (κ2) is 7.14. The number of aliphatic hydroxyl groups excluding tert-OH is 1. The zero-order chi connectivity index (χ0) is 21.6. The van der Waals surface area contributed by atoms with Crippen LogP contribution in [-0.2, 0) is 13.2 Å². The van der Waals surface area contributed by atoms with E-state index in [1.54, 1.807) is 47.0 Å². The smallest absolute Gasteiger partial charge is 0.391 e. The van der Waals surface area contributed by atoms with Crippen molar-refractivity contribution in [3.05, 3.63) is 53.4 Å². The minimum absolute atomic E-state index is 0.0299. The summed E-state index contributed by atoms with van der Waals surface area (Å²) in [5.74, 6) is 0.966. The van der Waals surface area contributed by atoms with Crippen molar-refractivity contribution in [1.29, 1.82) is 5.26 Å². The number of alkyl halides is 3. The van der Waals surface area contributed by atoms with Gasteiger partial charge < -0.3 is 10.0 Å². The van der Waals surface area contributed by atoms with Gasteiger partial charge in [0.15, 0.2) is 5.82 Å². The van der Waals surface area contributed by atoms with Crippen molar-refractivity contribution in [2.24, 2.45) is 7.05 Å². The van der Waals surface area contributed by atoms with E-state index in [4.69, 9.17) is 0 Å². The zero-order valence-corrected chi connectivity index (χ0v) is 16.2. The van der Waals surface area contributed by atoms with Crippen molar-refractivity contribution in [3.63, 3.8) is 0 Å². The predicted octanol–water partition coefficient (Wildman–Crippen LogP) is 2.51. The summed E-state index contributed by atoms with van der Waals surface area (Å²) in [6.07, 6.45) is -0.280. The van der Waals surface area contributed by atoms with Crippen LogP contribution in [0.25, 0.3) is 5.82 Å². The van der Waals surface area contributed by atoms with Crippen LogP contribution >= 0.6 is 0 Å². The quantitative estimate of drug-likeness (QED) is 0.704. The van der Waals surface area contributed by atoms with Crippen molar-refractivity contribution >= 4 is 5.82 Å². The first-order valence-electron chi connectivity index (χ1n) is 9.16. The van der Waals surface area contributed by atoms with Gasteiger partial charge in [0.1, 0.15) is 23.3 Å². The number of aromatic nitrogens is 5. The predicted molar refractivity (Wildman–Crippen MR) is 99.7 cm³/mol. The van der Waals surface area contributed by atoms with Gasteiger partial charge in [0.05, 0.1) is 17.7 Å². The molecule has 0 bridgehead atoms. The van der Waals surface area contributed by atoms with Crippen LogP contribution in [0.4, 0.5) is 19.0 Å². The summed E-state index contributed by atoms with van der Waals surface area (Å²) < 4.78 is 44.0. The van der Waals surface area contributed by atoms with Gasteiger partial charge in [-0.05, 0) is 13.0 Å². The van der Waals surface area contributed by atoms with E-state index in [0.29, 0.717) is 11.6 Å². The lowest BCUT2D eigenvalue weighted by Crippen LogP contribution is -2.29. The fraction of sp³-hybridized carbons (Fsp3) is 0.368. The Kier molecular flexibility index (Phi) is 4.74. The molecule has 4 rings (SSSR count). The maximum Gasteiger partial charge on any atom is 0.417 e. The molecular weight excluding hydrogens is 399 g/mol. The van der Waals surface area contributed by atoms with E-state index in [9.17, 15) is 23.5 Å². The first kappa shape index (κ1) is 19.9. The molecule has 0 spiro atoms. The number of nitrogens with zero attached hydrogens (tertiary/aromatic N) is 7. The van der Waals surface area contributed by atoms with Gasteiger partial charge in [0.25, 0.3) is 0 Å². The maximum absolute atomic E-state index is 13.5. The molecule has 1 aliphatic heterocycles. The molecule has 1 saturated heterocycles. The van der Waals surface area contributed by atoms with Crippen molar-refractivity contribution < 1.29 is 18.3 Å². The molecule has 3 aromatic heterocycles. The van der Waals surface area contributed by atoms with Crippen molar-refractivity contribution in [2.45, 2.75) is 31.7 Å². The van der Waals surface area contributed by atoms with E-state index < -0.39 is 29.4 Å². The summed E-state index contributed by atoms with van der Waals surface area (Å²) in [4.78, 5) is 10.1. The molecule has 1 fully saturated rings. The van der Waals surface area contributed by atoms with E-state index in [-0.39, 0.29) is 24.5 Å². The average molecular weight is 417 g/mol. The number of pyridine rings is 1. The maximum atomic E-state index is 13.5. The third kappa shape index (κ3) is 3.39. The molecule has 0 saturated carbocycles. The summed E-state index contributed by atoms with van der Waals surface area (Å²) in [6.45, 7) is 1.47. The van der Waals surface area contributed by atoms with Gasteiger partial charge in [-0.3, -0.25) is 9.25 Å². The van der Waals surface area contributed by atoms with E-state index in [0.717, 1.165) is 6.07 Å². The number of aliphatic hydroxyl groups is 1. The highest BCUT2D eigenvalue weighted by Gasteiger charge is 2.41. The van der Waals surface area contributed by atoms with Crippen molar-refractivity contribution in [2.75, 3.05) is 11.4 Å². The van der Waals surface area contributed by atoms with Gasteiger partial charge in [-0.2, -0.15) is 23.5 Å². The summed E-state index contributed by atoms with van der Waals surface area (Å²) in [6, 6.07) is 3.70. The van der Waals surface area contributed by atoms with Crippen molar-refractivity contribution in [3.8, 4) is 11.9 Å². The van der Waals surface area contributed by atoms with Gasteiger partial charge >= 0.3 is 6.18 Å². The van der Waals surface area contributed by atoms with Crippen LogP contribution in [0.1, 0.15) is 35.1 Å². The Bertz CT molecular complexity index is 1130. The Morgan fingerprint density at radius 3 is 2.70 bits per heavy atom. The molecule has 0 unspecified atom stereocenters. The Morgan fingerprint density at radius 2 is 2.07 bits per heavy atom. The highest BCUT2D eigenvalue weighted by Crippen LogP contribution is 2.41. The van der Waals surface area contributed by atoms with Gasteiger partial charge in [-0.15, -0.1) is 0 Å². The summed E-state index contributed by atoms with van der Waals surface area (Å²) in [7, 11) is 1.76. The second-order valence-corrected chi connectivity index (χ2v) is 7.18. The Balaban J connectivity index is 1.84. The molecule has 11 heteroatoms. The molecule has 1 aliphatic rings. The van der Waals surface area contributed by atoms with Gasteiger partial charge in [-0.1, -0.05) is 0 Å². The van der Waals surface area contributed by atoms with Crippen LogP contribution in [0, 0.1) is 18.3 Å². The van der Waals surface area contributed by atoms with Gasteiger partial charge in [-0.25, -0.2) is 9.97 Å². The molecular formula is C19H18F3N7O. The van der Waals surface area contributed by atoms with Crippen LogP contribution in [0.3, 0.4) is 0 Å². The number of aryl methyl sites for hydroxylation is 2. The Hall–Kier alpha value is -3.39. The lowest BCUT2D eigenvalue weighted by Gasteiger charge is -2.27. The van der Waals surface area contributed by atoms with E-state index in [2.05, 4.69) is 15.1 Å². The van der Waals surface area contributed by atoms with Crippen molar-refractivity contribution in [1.82, 2.24) is 24.3 Å². The minimum Gasteiger partial charge on any atom is -0.391 e. The first-order chi connectivity index (χ1) is 14.2. The van der Waals surface area contributed by atoms with Crippen LogP contribution < -0.4 is 4.90 Å². The first-order valence-corrected chi connectivity index (χ1v) is 9.16. The zero-order valence-electron chi connectivity index (χ0n) is 16.2. The summed E-state index contributed by atoms with van der Waals surface area (Å²) in [5, 5.41) is 24.2. The van der Waals surface area contributed by atoms with Crippen LogP contribution in [0.5, 0.6) is 0 Å². The fourth-order valence-electron chi connectivity index (χ4n) is 3.78. The molecule has 8 nitrogen and oxygen atoms in total. The topological polar surface area (TPSA) is 95.8 Å². The Labute approximate surface area is 169 Å². The SMILES string of the molecule is Cc1cc(C(F)(F)F)c(C#N)c(N2C[C@@H](O)C[C@H]2c2nccn2-c2ccn(C)n2)n1. The number of anilines is 1. The van der Waals surface area contributed by atoms with E-state index >= 15 is 0 Å².